The highest BCUT2D eigenvalue weighted by Crippen LogP contribution is 2.32. The SMILES string of the molecule is COC1(CNC(=O)C(=O)Nc2cccc(SC)c2)Cc2ccccc2C1. The lowest BCUT2D eigenvalue weighted by Gasteiger charge is -2.27. The Hall–Kier alpha value is -2.31. The van der Waals surface area contributed by atoms with Crippen molar-refractivity contribution < 1.29 is 14.3 Å². The highest BCUT2D eigenvalue weighted by molar-refractivity contribution is 7.98. The van der Waals surface area contributed by atoms with Crippen LogP contribution in [-0.2, 0) is 27.2 Å². The Bertz CT molecular complexity index is 797. The van der Waals surface area contributed by atoms with Gasteiger partial charge < -0.3 is 15.4 Å². The third-order valence-corrected chi connectivity index (χ3v) is 5.41. The maximum atomic E-state index is 12.2. The molecule has 3 rings (SSSR count). The molecule has 26 heavy (non-hydrogen) atoms. The van der Waals surface area contributed by atoms with Gasteiger partial charge in [0.05, 0.1) is 5.60 Å². The molecule has 2 N–H and O–H groups in total. The Morgan fingerprint density at radius 3 is 2.38 bits per heavy atom. The van der Waals surface area contributed by atoms with E-state index >= 15 is 0 Å². The van der Waals surface area contributed by atoms with Crippen LogP contribution < -0.4 is 10.6 Å². The van der Waals surface area contributed by atoms with Crippen LogP contribution in [0.1, 0.15) is 11.1 Å². The van der Waals surface area contributed by atoms with Gasteiger partial charge in [-0.05, 0) is 35.6 Å². The summed E-state index contributed by atoms with van der Waals surface area (Å²) >= 11 is 1.57. The summed E-state index contributed by atoms with van der Waals surface area (Å²) in [5.41, 5.74) is 2.55. The van der Waals surface area contributed by atoms with E-state index in [1.807, 2.05) is 36.6 Å². The maximum absolute atomic E-state index is 12.2. The second-order valence-electron chi connectivity index (χ2n) is 6.38. The molecule has 2 aromatic rings. The van der Waals surface area contributed by atoms with Gasteiger partial charge in [-0.2, -0.15) is 0 Å². The number of fused-ring (bicyclic) bond motifs is 1. The molecule has 0 radical (unpaired) electrons. The first-order valence-electron chi connectivity index (χ1n) is 8.40. The number of carbonyl (C=O) groups excluding carboxylic acids is 2. The molecule has 0 atom stereocenters. The molecule has 0 saturated carbocycles. The maximum Gasteiger partial charge on any atom is 0.313 e. The first kappa shape index (κ1) is 18.5. The monoisotopic (exact) mass is 370 g/mol. The van der Waals surface area contributed by atoms with E-state index in [1.54, 1.807) is 24.9 Å². The van der Waals surface area contributed by atoms with Crippen molar-refractivity contribution in [3.63, 3.8) is 0 Å². The quantitative estimate of drug-likeness (QED) is 0.627. The number of anilines is 1. The van der Waals surface area contributed by atoms with E-state index < -0.39 is 17.4 Å². The molecule has 0 saturated heterocycles. The van der Waals surface area contributed by atoms with E-state index in [0.717, 1.165) is 17.7 Å². The largest absolute Gasteiger partial charge is 0.376 e. The van der Waals surface area contributed by atoms with E-state index in [0.29, 0.717) is 5.69 Å². The first-order valence-corrected chi connectivity index (χ1v) is 9.63. The number of hydrogen-bond donors (Lipinski definition) is 2. The fraction of sp³-hybridized carbons (Fsp3) is 0.300. The molecule has 0 fully saturated rings. The molecule has 0 bridgehead atoms. The predicted molar refractivity (Wildman–Crippen MR) is 103 cm³/mol. The molecule has 0 unspecified atom stereocenters. The van der Waals surface area contributed by atoms with E-state index in [-0.39, 0.29) is 6.54 Å². The van der Waals surface area contributed by atoms with Crippen molar-refractivity contribution in [1.29, 1.82) is 0 Å². The Morgan fingerprint density at radius 1 is 1.08 bits per heavy atom. The summed E-state index contributed by atoms with van der Waals surface area (Å²) in [6.45, 7) is 0.287. The van der Waals surface area contributed by atoms with Gasteiger partial charge in [0.25, 0.3) is 0 Å². The number of amides is 2. The molecule has 1 aliphatic rings. The summed E-state index contributed by atoms with van der Waals surface area (Å²) in [5, 5.41) is 5.35. The van der Waals surface area contributed by atoms with Crippen molar-refractivity contribution >= 4 is 29.3 Å². The lowest BCUT2D eigenvalue weighted by atomic mass is 10.00. The standard InChI is InChI=1S/C20H22N2O3S/c1-25-20(11-14-6-3-4-7-15(14)12-20)13-21-18(23)19(24)22-16-8-5-9-17(10-16)26-2/h3-10H,11-13H2,1-2H3,(H,21,23)(H,22,24). The van der Waals surface area contributed by atoms with Gasteiger partial charge in [-0.3, -0.25) is 9.59 Å². The molecular formula is C20H22N2O3S. The average Bonchev–Trinajstić information content (AvgIpc) is 3.05. The van der Waals surface area contributed by atoms with Crippen molar-refractivity contribution in [2.75, 3.05) is 25.2 Å². The zero-order valence-electron chi connectivity index (χ0n) is 14.9. The van der Waals surface area contributed by atoms with Gasteiger partial charge in [0.15, 0.2) is 0 Å². The molecule has 1 aliphatic carbocycles. The van der Waals surface area contributed by atoms with Crippen LogP contribution in [0.3, 0.4) is 0 Å². The van der Waals surface area contributed by atoms with Crippen LogP contribution in [0.25, 0.3) is 0 Å². The van der Waals surface area contributed by atoms with E-state index in [1.165, 1.54) is 11.1 Å². The summed E-state index contributed by atoms with van der Waals surface area (Å²) in [6.07, 6.45) is 3.39. The van der Waals surface area contributed by atoms with E-state index in [4.69, 9.17) is 4.74 Å². The second kappa shape index (κ2) is 7.93. The predicted octanol–water partition coefficient (Wildman–Crippen LogP) is 2.65. The summed E-state index contributed by atoms with van der Waals surface area (Å²) in [6, 6.07) is 15.5. The van der Waals surface area contributed by atoms with Crippen LogP contribution in [0, 0.1) is 0 Å². The number of rotatable bonds is 5. The van der Waals surface area contributed by atoms with Crippen LogP contribution in [0.15, 0.2) is 53.4 Å². The van der Waals surface area contributed by atoms with Crippen LogP contribution in [0.2, 0.25) is 0 Å². The number of carbonyl (C=O) groups is 2. The molecule has 0 spiro atoms. The molecule has 0 aliphatic heterocycles. The average molecular weight is 370 g/mol. The molecule has 0 heterocycles. The molecular weight excluding hydrogens is 348 g/mol. The van der Waals surface area contributed by atoms with Crippen molar-refractivity contribution in [1.82, 2.24) is 5.32 Å². The minimum atomic E-state index is -0.676. The summed E-state index contributed by atoms with van der Waals surface area (Å²) in [5.74, 6) is -1.34. The van der Waals surface area contributed by atoms with Crippen molar-refractivity contribution in [3.05, 3.63) is 59.7 Å². The van der Waals surface area contributed by atoms with Gasteiger partial charge in [-0.1, -0.05) is 30.3 Å². The topological polar surface area (TPSA) is 67.4 Å². The molecule has 6 heteroatoms. The fourth-order valence-corrected chi connectivity index (χ4v) is 3.67. The number of benzene rings is 2. The zero-order chi connectivity index (χ0) is 18.6. The van der Waals surface area contributed by atoms with Gasteiger partial charge in [-0.25, -0.2) is 0 Å². The lowest BCUT2D eigenvalue weighted by molar-refractivity contribution is -0.137. The summed E-state index contributed by atoms with van der Waals surface area (Å²) in [4.78, 5) is 25.4. The Morgan fingerprint density at radius 2 is 1.77 bits per heavy atom. The van der Waals surface area contributed by atoms with Gasteiger partial charge in [0.1, 0.15) is 0 Å². The van der Waals surface area contributed by atoms with Gasteiger partial charge in [0.2, 0.25) is 0 Å². The highest BCUT2D eigenvalue weighted by Gasteiger charge is 2.37. The third kappa shape index (κ3) is 4.08. The van der Waals surface area contributed by atoms with Gasteiger partial charge in [-0.15, -0.1) is 11.8 Å². The normalized spacial score (nSPS) is 14.5. The Kier molecular flexibility index (Phi) is 5.64. The Balaban J connectivity index is 1.58. The van der Waals surface area contributed by atoms with Gasteiger partial charge in [0, 0.05) is 37.1 Å². The number of nitrogens with one attached hydrogen (secondary N) is 2. The van der Waals surface area contributed by atoms with Crippen LogP contribution >= 0.6 is 11.8 Å². The fourth-order valence-electron chi connectivity index (χ4n) is 3.21. The first-order chi connectivity index (χ1) is 12.5. The number of ether oxygens (including phenoxy) is 1. The van der Waals surface area contributed by atoms with Crippen molar-refractivity contribution in [2.24, 2.45) is 0 Å². The minimum Gasteiger partial charge on any atom is -0.376 e. The second-order valence-corrected chi connectivity index (χ2v) is 7.26. The molecule has 2 aromatic carbocycles. The molecule has 5 nitrogen and oxygen atoms in total. The van der Waals surface area contributed by atoms with Crippen molar-refractivity contribution in [2.45, 2.75) is 23.3 Å². The van der Waals surface area contributed by atoms with Gasteiger partial charge >= 0.3 is 11.8 Å². The zero-order valence-corrected chi connectivity index (χ0v) is 15.7. The van der Waals surface area contributed by atoms with E-state index in [9.17, 15) is 9.59 Å². The van der Waals surface area contributed by atoms with Crippen LogP contribution in [-0.4, -0.2) is 37.3 Å². The van der Waals surface area contributed by atoms with Crippen LogP contribution in [0.5, 0.6) is 0 Å². The number of thioether (sulfide) groups is 1. The molecule has 136 valence electrons. The minimum absolute atomic E-state index is 0.287. The lowest BCUT2D eigenvalue weighted by Crippen LogP contribution is -2.48. The molecule has 0 aromatic heterocycles. The van der Waals surface area contributed by atoms with E-state index in [2.05, 4.69) is 22.8 Å². The Labute approximate surface area is 157 Å². The number of methoxy groups -OCH3 is 1. The highest BCUT2D eigenvalue weighted by atomic mass is 32.2. The summed E-state index contributed by atoms with van der Waals surface area (Å²) < 4.78 is 5.71. The molecule has 2 amide bonds. The smallest absolute Gasteiger partial charge is 0.313 e. The summed E-state index contributed by atoms with van der Waals surface area (Å²) in [7, 11) is 1.64. The third-order valence-electron chi connectivity index (χ3n) is 4.68. The number of hydrogen-bond acceptors (Lipinski definition) is 4. The van der Waals surface area contributed by atoms with Crippen molar-refractivity contribution in [3.8, 4) is 0 Å². The van der Waals surface area contributed by atoms with Crippen LogP contribution in [0.4, 0.5) is 5.69 Å².